The third kappa shape index (κ3) is 8.02. The zero-order valence-corrected chi connectivity index (χ0v) is 30.3. The fraction of sp³-hybridized carbons (Fsp3) is 0.385. The Morgan fingerprint density at radius 3 is 2.18 bits per heavy atom. The lowest BCUT2D eigenvalue weighted by Gasteiger charge is -2.46. The molecule has 17 heteroatoms. The number of ether oxygens (including phenoxy) is 6. The number of methoxy groups -OCH3 is 2. The molecule has 0 spiro atoms. The molecule has 5 unspecified atom stereocenters. The first kappa shape index (κ1) is 40.4. The van der Waals surface area contributed by atoms with Crippen LogP contribution in [0.25, 0.3) is 28.4 Å². The van der Waals surface area contributed by atoms with Crippen LogP contribution in [0.2, 0.25) is 0 Å². The molecule has 300 valence electrons. The minimum atomic E-state index is -1.95. The SMILES string of the molecule is CCC1O[C@@H](c2c(OC)cc3oc(-c4ccc(O)cc4)cc(=O)c3c2O)C(O[C@@H]2OC(COC(=O)/C=C/c3ccc(O)c(OC)c3)[C@@H](O)C(O)C2O)[C@@H](O)[C@@H]1O. The maximum atomic E-state index is 13.5. The van der Waals surface area contributed by atoms with E-state index in [-0.39, 0.29) is 51.7 Å². The molecule has 1 aromatic heterocycles. The van der Waals surface area contributed by atoms with Crippen molar-refractivity contribution in [1.29, 1.82) is 0 Å². The Kier molecular flexibility index (Phi) is 12.2. The molecule has 56 heavy (non-hydrogen) atoms. The van der Waals surface area contributed by atoms with Crippen LogP contribution in [-0.4, -0.2) is 123 Å². The molecule has 6 rings (SSSR count). The number of esters is 1. The molecule has 2 saturated heterocycles. The first-order valence-electron chi connectivity index (χ1n) is 17.5. The molecule has 8 N–H and O–H groups in total. The average molecular weight is 783 g/mol. The minimum absolute atomic E-state index is 0.00360. The lowest BCUT2D eigenvalue weighted by molar-refractivity contribution is -0.342. The number of phenolic OH excluding ortho intramolecular Hbond substituents is 3. The predicted molar refractivity (Wildman–Crippen MR) is 194 cm³/mol. The molecule has 4 aromatic rings. The molecule has 2 aliphatic heterocycles. The quantitative estimate of drug-likeness (QED) is 0.0794. The summed E-state index contributed by atoms with van der Waals surface area (Å²) in [5.41, 5.74) is -0.00277. The van der Waals surface area contributed by atoms with Crippen molar-refractivity contribution < 1.29 is 78.5 Å². The summed E-state index contributed by atoms with van der Waals surface area (Å²) < 4.78 is 39.7. The van der Waals surface area contributed by atoms with Crippen molar-refractivity contribution in [2.75, 3.05) is 20.8 Å². The van der Waals surface area contributed by atoms with Gasteiger partial charge in [-0.3, -0.25) is 4.79 Å². The van der Waals surface area contributed by atoms with Gasteiger partial charge in [0, 0.05) is 23.8 Å². The summed E-state index contributed by atoms with van der Waals surface area (Å²) in [4.78, 5) is 26.1. The van der Waals surface area contributed by atoms with Crippen molar-refractivity contribution in [3.8, 4) is 40.1 Å². The van der Waals surface area contributed by atoms with Gasteiger partial charge >= 0.3 is 5.97 Å². The number of hydrogen-bond acceptors (Lipinski definition) is 17. The molecule has 17 nitrogen and oxygen atoms in total. The van der Waals surface area contributed by atoms with Crippen LogP contribution in [-0.2, 0) is 23.7 Å². The third-order valence-electron chi connectivity index (χ3n) is 9.71. The van der Waals surface area contributed by atoms with Crippen molar-refractivity contribution in [3.63, 3.8) is 0 Å². The van der Waals surface area contributed by atoms with Crippen molar-refractivity contribution in [2.45, 2.75) is 74.6 Å². The average Bonchev–Trinajstić information content (AvgIpc) is 3.19. The zero-order chi connectivity index (χ0) is 40.4. The molecule has 0 amide bonds. The van der Waals surface area contributed by atoms with E-state index in [0.717, 1.165) is 12.1 Å². The Morgan fingerprint density at radius 1 is 0.804 bits per heavy atom. The van der Waals surface area contributed by atoms with Gasteiger partial charge in [-0.1, -0.05) is 13.0 Å². The first-order valence-corrected chi connectivity index (χ1v) is 17.5. The largest absolute Gasteiger partial charge is 0.508 e. The van der Waals surface area contributed by atoms with E-state index >= 15 is 0 Å². The van der Waals surface area contributed by atoms with Crippen LogP contribution >= 0.6 is 0 Å². The van der Waals surface area contributed by atoms with E-state index in [1.165, 1.54) is 68.8 Å². The second kappa shape index (κ2) is 16.9. The Balaban J connectivity index is 1.28. The molecular weight excluding hydrogens is 740 g/mol. The highest BCUT2D eigenvalue weighted by molar-refractivity contribution is 5.88. The van der Waals surface area contributed by atoms with Gasteiger partial charge in [0.1, 0.15) is 89.4 Å². The van der Waals surface area contributed by atoms with E-state index < -0.39 is 85.0 Å². The van der Waals surface area contributed by atoms with Crippen LogP contribution in [0.4, 0.5) is 0 Å². The Labute approximate surface area is 318 Å². The minimum Gasteiger partial charge on any atom is -0.508 e. The maximum absolute atomic E-state index is 13.5. The topological polar surface area (TPSA) is 264 Å². The van der Waals surface area contributed by atoms with Gasteiger partial charge in [0.2, 0.25) is 0 Å². The lowest BCUT2D eigenvalue weighted by Crippen LogP contribution is -2.62. The van der Waals surface area contributed by atoms with Gasteiger partial charge in [-0.05, 0) is 54.5 Å². The number of phenols is 3. The Hall–Kier alpha value is -5.24. The highest BCUT2D eigenvalue weighted by Gasteiger charge is 2.52. The van der Waals surface area contributed by atoms with E-state index in [0.29, 0.717) is 11.1 Å². The summed E-state index contributed by atoms with van der Waals surface area (Å²) in [6, 6.07) is 12.7. The van der Waals surface area contributed by atoms with Gasteiger partial charge in [0.05, 0.1) is 25.9 Å². The number of carbonyl (C=O) groups is 1. The van der Waals surface area contributed by atoms with E-state index in [2.05, 4.69) is 0 Å². The molecule has 10 atom stereocenters. The molecule has 2 aliphatic rings. The molecule has 0 saturated carbocycles. The Bertz CT molecular complexity index is 2110. The summed E-state index contributed by atoms with van der Waals surface area (Å²) in [5.74, 6) is -1.44. The molecule has 0 bridgehead atoms. The van der Waals surface area contributed by atoms with Crippen LogP contribution in [0.5, 0.6) is 28.7 Å². The monoisotopic (exact) mass is 782 g/mol. The number of aliphatic hydroxyl groups is 5. The number of hydrogen-bond donors (Lipinski definition) is 8. The number of carbonyl (C=O) groups excluding carboxylic acids is 1. The van der Waals surface area contributed by atoms with Crippen molar-refractivity contribution in [2.24, 2.45) is 0 Å². The maximum Gasteiger partial charge on any atom is 0.330 e. The van der Waals surface area contributed by atoms with Gasteiger partial charge in [-0.25, -0.2) is 4.79 Å². The lowest BCUT2D eigenvalue weighted by atomic mass is 9.88. The predicted octanol–water partition coefficient (Wildman–Crippen LogP) is 1.62. The molecule has 3 aromatic carbocycles. The van der Waals surface area contributed by atoms with Crippen molar-refractivity contribution >= 4 is 23.0 Å². The normalized spacial score (nSPS) is 28.0. The summed E-state index contributed by atoms with van der Waals surface area (Å²) in [6.07, 6.45) is -14.0. The number of aromatic hydroxyl groups is 3. The van der Waals surface area contributed by atoms with Crippen LogP contribution in [0.1, 0.15) is 30.6 Å². The van der Waals surface area contributed by atoms with E-state index in [9.17, 15) is 50.4 Å². The summed E-state index contributed by atoms with van der Waals surface area (Å²) in [6.45, 7) is 1.03. The van der Waals surface area contributed by atoms with Crippen LogP contribution in [0, 0.1) is 0 Å². The third-order valence-corrected chi connectivity index (χ3v) is 9.71. The van der Waals surface area contributed by atoms with Crippen LogP contribution < -0.4 is 14.9 Å². The van der Waals surface area contributed by atoms with Gasteiger partial charge in [0.15, 0.2) is 23.2 Å². The second-order valence-electron chi connectivity index (χ2n) is 13.2. The zero-order valence-electron chi connectivity index (χ0n) is 30.3. The summed E-state index contributed by atoms with van der Waals surface area (Å²) in [5, 5.41) is 85.7. The highest BCUT2D eigenvalue weighted by Crippen LogP contribution is 2.47. The van der Waals surface area contributed by atoms with Crippen molar-refractivity contribution in [3.05, 3.63) is 82.0 Å². The number of rotatable bonds is 11. The van der Waals surface area contributed by atoms with Gasteiger partial charge < -0.3 is 73.7 Å². The molecule has 3 heterocycles. The smallest absolute Gasteiger partial charge is 0.330 e. The van der Waals surface area contributed by atoms with E-state index in [4.69, 9.17) is 32.8 Å². The summed E-state index contributed by atoms with van der Waals surface area (Å²) in [7, 11) is 2.63. The second-order valence-corrected chi connectivity index (χ2v) is 13.2. The fourth-order valence-electron chi connectivity index (χ4n) is 6.66. The number of fused-ring (bicyclic) bond motifs is 1. The van der Waals surface area contributed by atoms with Gasteiger partial charge in [0.25, 0.3) is 0 Å². The molecule has 0 aliphatic carbocycles. The van der Waals surface area contributed by atoms with Crippen LogP contribution in [0.3, 0.4) is 0 Å². The molecule has 0 radical (unpaired) electrons. The Morgan fingerprint density at radius 2 is 1.50 bits per heavy atom. The van der Waals surface area contributed by atoms with Gasteiger partial charge in [-0.15, -0.1) is 0 Å². The number of benzene rings is 3. The van der Waals surface area contributed by atoms with Crippen molar-refractivity contribution in [1.82, 2.24) is 0 Å². The molecular formula is C39H42O17. The molecule has 2 fully saturated rings. The van der Waals surface area contributed by atoms with E-state index in [1.54, 1.807) is 6.92 Å². The first-order chi connectivity index (χ1) is 26.8. The summed E-state index contributed by atoms with van der Waals surface area (Å²) >= 11 is 0. The van der Waals surface area contributed by atoms with Gasteiger partial charge in [-0.2, -0.15) is 0 Å². The number of aliphatic hydroxyl groups excluding tert-OH is 5. The van der Waals surface area contributed by atoms with E-state index in [1.807, 2.05) is 0 Å². The van der Waals surface area contributed by atoms with Crippen LogP contribution in [0.15, 0.2) is 69.9 Å². The highest BCUT2D eigenvalue weighted by atomic mass is 16.7. The standard InChI is InChI=1S/C39H42O17/c1-4-22-31(44)35(48)38(37(54-22)30-25(51-3)15-26-29(33(30)46)21(42)14-23(53-26)18-7-9-19(40)10-8-18)56-39-36(49)34(47)32(45)27(55-39)16-52-28(43)12-6-17-5-11-20(41)24(13-17)50-2/h5-15,22,27,31-32,34-41,44-49H,4,16H2,1-3H3/b12-6+/t22?,27?,31-,32-,34?,35+,36?,37+,38?,39+/m1/s1. The fourth-order valence-corrected chi connectivity index (χ4v) is 6.66.